The lowest BCUT2D eigenvalue weighted by molar-refractivity contribution is -0.114. The summed E-state index contributed by atoms with van der Waals surface area (Å²) in [6.45, 7) is 3.04. The summed E-state index contributed by atoms with van der Waals surface area (Å²) in [7, 11) is -3.69. The van der Waals surface area contributed by atoms with Gasteiger partial charge >= 0.3 is 0 Å². The van der Waals surface area contributed by atoms with Crippen LogP contribution in [-0.2, 0) is 14.6 Å². The van der Waals surface area contributed by atoms with Crippen molar-refractivity contribution in [2.45, 2.75) is 13.3 Å². The van der Waals surface area contributed by atoms with Crippen LogP contribution in [0.25, 0.3) is 6.08 Å². The zero-order valence-corrected chi connectivity index (χ0v) is 20.1. The van der Waals surface area contributed by atoms with E-state index in [0.717, 1.165) is 28.9 Å². The number of amidine groups is 3. The van der Waals surface area contributed by atoms with E-state index in [1.165, 1.54) is 11.6 Å². The second-order valence-electron chi connectivity index (χ2n) is 7.61. The monoisotopic (exact) mass is 498 g/mol. The number of carbonyl (C=O) groups is 1. The van der Waals surface area contributed by atoms with Crippen LogP contribution in [0, 0.1) is 12.3 Å². The van der Waals surface area contributed by atoms with E-state index in [2.05, 4.69) is 9.39 Å². The lowest BCUT2D eigenvalue weighted by Gasteiger charge is -2.23. The maximum Gasteiger partial charge on any atom is 0.283 e. The second-order valence-corrected chi connectivity index (χ2v) is 10.3. The Bertz CT molecular complexity index is 1310. The molecule has 11 heteroatoms. The van der Waals surface area contributed by atoms with Crippen molar-refractivity contribution in [1.29, 1.82) is 5.41 Å². The molecule has 0 unspecified atom stereocenters. The van der Waals surface area contributed by atoms with E-state index in [1.54, 1.807) is 24.3 Å². The molecule has 1 N–H and O–H groups in total. The molecule has 2 aliphatic heterocycles. The van der Waals surface area contributed by atoms with Gasteiger partial charge in [-0.2, -0.15) is 9.39 Å². The van der Waals surface area contributed by atoms with Gasteiger partial charge in [-0.05, 0) is 42.8 Å². The van der Waals surface area contributed by atoms with Crippen molar-refractivity contribution in [3.8, 4) is 11.5 Å². The van der Waals surface area contributed by atoms with Gasteiger partial charge in [-0.3, -0.25) is 10.2 Å². The lowest BCUT2D eigenvalue weighted by atomic mass is 10.1. The van der Waals surface area contributed by atoms with Crippen LogP contribution in [0.1, 0.15) is 17.5 Å². The van der Waals surface area contributed by atoms with E-state index < -0.39 is 15.7 Å². The van der Waals surface area contributed by atoms with E-state index >= 15 is 0 Å². The molecule has 2 heterocycles. The van der Waals surface area contributed by atoms with Crippen LogP contribution < -0.4 is 9.47 Å². The number of aryl methyl sites for hydroxylation is 1. The molecule has 0 saturated carbocycles. The van der Waals surface area contributed by atoms with Crippen LogP contribution in [0.5, 0.6) is 11.5 Å². The van der Waals surface area contributed by atoms with Crippen LogP contribution in [0.4, 0.5) is 0 Å². The third kappa shape index (κ3) is 5.37. The van der Waals surface area contributed by atoms with E-state index in [1.807, 2.05) is 31.2 Å². The minimum atomic E-state index is -3.69. The van der Waals surface area contributed by atoms with Crippen LogP contribution in [0.2, 0.25) is 0 Å². The quantitative estimate of drug-likeness (QED) is 0.352. The Morgan fingerprint density at radius 1 is 1.03 bits per heavy atom. The predicted molar refractivity (Wildman–Crippen MR) is 133 cm³/mol. The van der Waals surface area contributed by atoms with Crippen molar-refractivity contribution in [3.05, 3.63) is 65.2 Å². The molecule has 0 fully saturated rings. The minimum Gasteiger partial charge on any atom is -0.493 e. The Kier molecular flexibility index (Phi) is 6.85. The number of rotatable bonds is 7. The van der Waals surface area contributed by atoms with Crippen molar-refractivity contribution in [2.75, 3.05) is 19.5 Å². The minimum absolute atomic E-state index is 0.0236. The van der Waals surface area contributed by atoms with Gasteiger partial charge in [-0.25, -0.2) is 13.3 Å². The normalized spacial score (nSPS) is 16.9. The zero-order chi connectivity index (χ0) is 24.3. The van der Waals surface area contributed by atoms with Gasteiger partial charge in [0.15, 0.2) is 0 Å². The van der Waals surface area contributed by atoms with Gasteiger partial charge in [0, 0.05) is 12.7 Å². The fourth-order valence-corrected chi connectivity index (χ4v) is 4.98. The highest BCUT2D eigenvalue weighted by molar-refractivity contribution is 8.16. The Morgan fingerprint density at radius 2 is 1.62 bits per heavy atom. The third-order valence-corrected chi connectivity index (χ3v) is 6.62. The maximum absolute atomic E-state index is 12.4. The van der Waals surface area contributed by atoms with Crippen LogP contribution >= 0.6 is 11.9 Å². The number of fused-ring (bicyclic) bond motifs is 1. The van der Waals surface area contributed by atoms with Gasteiger partial charge in [-0.15, -0.1) is 0 Å². The number of aliphatic imine (C=N–C) groups is 1. The van der Waals surface area contributed by atoms with Gasteiger partial charge in [-0.1, -0.05) is 29.8 Å². The van der Waals surface area contributed by atoms with E-state index in [9.17, 15) is 13.2 Å². The average Bonchev–Trinajstić information content (AvgIpc) is 3.23. The molecule has 9 nitrogen and oxygen atoms in total. The molecule has 0 radical (unpaired) electrons. The molecule has 4 rings (SSSR count). The highest BCUT2D eigenvalue weighted by Gasteiger charge is 2.41. The molecular formula is C23H22N4O5S2. The topological polar surface area (TPSA) is 121 Å². The van der Waals surface area contributed by atoms with Gasteiger partial charge in [0.2, 0.25) is 20.2 Å². The molecule has 0 aliphatic carbocycles. The first kappa shape index (κ1) is 23.7. The summed E-state index contributed by atoms with van der Waals surface area (Å²) < 4.78 is 39.2. The molecule has 0 aromatic heterocycles. The molecule has 34 heavy (non-hydrogen) atoms. The Hall–Kier alpha value is -3.44. The summed E-state index contributed by atoms with van der Waals surface area (Å²) in [5.74, 6) is 0.579. The first-order valence-electron chi connectivity index (χ1n) is 10.3. The maximum atomic E-state index is 12.4. The van der Waals surface area contributed by atoms with Crippen molar-refractivity contribution in [2.24, 2.45) is 9.39 Å². The number of sulfone groups is 1. The van der Waals surface area contributed by atoms with Crippen molar-refractivity contribution in [1.82, 2.24) is 4.90 Å². The highest BCUT2D eigenvalue weighted by Crippen LogP contribution is 2.29. The predicted octanol–water partition coefficient (Wildman–Crippen LogP) is 3.46. The number of nitrogens with zero attached hydrogens (tertiary/aromatic N) is 3. The molecular weight excluding hydrogens is 476 g/mol. The Morgan fingerprint density at radius 3 is 2.21 bits per heavy atom. The Labute approximate surface area is 201 Å². The smallest absolute Gasteiger partial charge is 0.283 e. The average molecular weight is 499 g/mol. The van der Waals surface area contributed by atoms with Crippen molar-refractivity contribution >= 4 is 49.9 Å². The molecule has 1 amide bonds. The first-order valence-corrected chi connectivity index (χ1v) is 13.0. The fourth-order valence-electron chi connectivity index (χ4n) is 3.14. The van der Waals surface area contributed by atoms with Gasteiger partial charge in [0.1, 0.15) is 17.3 Å². The van der Waals surface area contributed by atoms with Crippen LogP contribution in [0.15, 0.2) is 63.5 Å². The van der Waals surface area contributed by atoms with Crippen LogP contribution in [-0.4, -0.2) is 54.9 Å². The number of amides is 1. The van der Waals surface area contributed by atoms with Gasteiger partial charge < -0.3 is 9.47 Å². The SMILES string of the molecule is Cc1ccc(OCCCOc2ccc(/C=C3/C(=N)N4C(=NC3=O)SN=C4S(C)(=O)=O)cc2)cc1. The highest BCUT2D eigenvalue weighted by atomic mass is 32.2. The van der Waals surface area contributed by atoms with Crippen LogP contribution in [0.3, 0.4) is 0 Å². The summed E-state index contributed by atoms with van der Waals surface area (Å²) in [5.41, 5.74) is 1.80. The summed E-state index contributed by atoms with van der Waals surface area (Å²) in [4.78, 5) is 17.4. The summed E-state index contributed by atoms with van der Waals surface area (Å²) in [6, 6.07) is 14.9. The van der Waals surface area contributed by atoms with E-state index in [0.29, 0.717) is 30.9 Å². The number of nitrogens with one attached hydrogen (secondary N) is 1. The lowest BCUT2D eigenvalue weighted by Crippen LogP contribution is -2.45. The van der Waals surface area contributed by atoms with Gasteiger partial charge in [0.05, 0.1) is 30.7 Å². The molecule has 176 valence electrons. The number of hydrogen-bond donors (Lipinski definition) is 1. The molecule has 0 atom stereocenters. The number of carbonyl (C=O) groups excluding carboxylic acids is 1. The number of ether oxygens (including phenoxy) is 2. The van der Waals surface area contributed by atoms with Crippen molar-refractivity contribution < 1.29 is 22.7 Å². The molecule has 2 aromatic carbocycles. The largest absolute Gasteiger partial charge is 0.493 e. The first-order chi connectivity index (χ1) is 16.2. The second kappa shape index (κ2) is 9.82. The zero-order valence-electron chi connectivity index (χ0n) is 18.5. The van der Waals surface area contributed by atoms with E-state index in [4.69, 9.17) is 14.9 Å². The fraction of sp³-hybridized carbons (Fsp3) is 0.217. The van der Waals surface area contributed by atoms with E-state index in [-0.39, 0.29) is 21.7 Å². The molecule has 2 aromatic rings. The number of hydrogen-bond acceptors (Lipinski definition) is 8. The molecule has 0 saturated heterocycles. The summed E-state index contributed by atoms with van der Waals surface area (Å²) >= 11 is 0.760. The molecule has 2 aliphatic rings. The third-order valence-electron chi connectivity index (χ3n) is 4.86. The molecule has 0 spiro atoms. The standard InChI is InChI=1S/C23H22N4O5S2/c1-15-4-8-17(9-5-15)31-12-3-13-32-18-10-6-16(7-11-18)14-19-20(24)27-22(25-21(19)28)33-26-23(27)34(2,29)30/h4-11,14,24H,3,12-13H2,1-2H3/b19-14-,24-20?. The summed E-state index contributed by atoms with van der Waals surface area (Å²) in [5, 5.41) is 8.12. The van der Waals surface area contributed by atoms with Crippen molar-refractivity contribution in [3.63, 3.8) is 0 Å². The van der Waals surface area contributed by atoms with Gasteiger partial charge in [0.25, 0.3) is 5.91 Å². The number of benzene rings is 2. The Balaban J connectivity index is 1.35. The summed E-state index contributed by atoms with van der Waals surface area (Å²) in [6.07, 6.45) is 3.20. The molecule has 0 bridgehead atoms.